The summed E-state index contributed by atoms with van der Waals surface area (Å²) in [7, 11) is 0. The minimum Gasteiger partial charge on any atom is -0.462 e. The van der Waals surface area contributed by atoms with Crippen molar-refractivity contribution in [3.8, 4) is 0 Å². The second kappa shape index (κ2) is 12.2. The number of carbonyl (C=O) groups is 1. The molecule has 0 bridgehead atoms. The van der Waals surface area contributed by atoms with Gasteiger partial charge in [-0.3, -0.25) is 0 Å². The molecule has 0 aromatic heterocycles. The van der Waals surface area contributed by atoms with Crippen LogP contribution in [0.1, 0.15) is 32.6 Å². The van der Waals surface area contributed by atoms with Crippen LogP contribution in [-0.4, -0.2) is 12.1 Å². The molecule has 0 N–H and O–H groups in total. The van der Waals surface area contributed by atoms with Crippen LogP contribution in [-0.2, 0) is 26.6 Å². The summed E-state index contributed by atoms with van der Waals surface area (Å²) in [6, 6.07) is 0. The summed E-state index contributed by atoms with van der Waals surface area (Å²) < 4.78 is 5.08. The van der Waals surface area contributed by atoms with Crippen LogP contribution in [0.4, 0.5) is 0 Å². The van der Waals surface area contributed by atoms with Crippen LogP contribution in [0, 0.1) is 32.6 Å². The molecule has 0 spiro atoms. The number of unbranched alkanes of at least 4 members (excludes halogenated alkanes) is 4. The first-order chi connectivity index (χ1) is 7.61. The van der Waals surface area contributed by atoms with E-state index >= 15 is 0 Å². The largest absolute Gasteiger partial charge is 4.00 e. The van der Waals surface area contributed by atoms with E-state index in [-0.39, 0.29) is 35.1 Å². The summed E-state index contributed by atoms with van der Waals surface area (Å²) in [5, 5.41) is 0. The van der Waals surface area contributed by atoms with Gasteiger partial charge in [0.15, 0.2) is 0 Å². The van der Waals surface area contributed by atoms with E-state index in [0.717, 1.165) is 25.7 Å². The molecular weight excluding hydrogens is 256 g/mol. The molecule has 0 aliphatic carbocycles. The van der Waals surface area contributed by atoms with Gasteiger partial charge in [0, 0.05) is 6.08 Å². The van der Waals surface area contributed by atoms with Gasteiger partial charge in [0.1, 0.15) is 0 Å². The van der Waals surface area contributed by atoms with Gasteiger partial charge in [-0.2, -0.15) is 5.92 Å². The van der Waals surface area contributed by atoms with Crippen molar-refractivity contribution < 1.29 is 26.6 Å². The molecule has 0 fully saturated rings. The number of rotatable bonds is 9. The number of esters is 1. The van der Waals surface area contributed by atoms with E-state index in [0.29, 0.717) is 0 Å². The van der Waals surface area contributed by atoms with E-state index in [2.05, 4.69) is 33.3 Å². The number of hydrogen-bond donors (Lipinski definition) is 0. The molecule has 17 heavy (non-hydrogen) atoms. The summed E-state index contributed by atoms with van der Waals surface area (Å²) in [4.78, 5) is 11.0. The number of carbonyl (C=O) groups excluding carboxylic acids is 1. The minimum absolute atomic E-state index is 0. The van der Waals surface area contributed by atoms with Crippen molar-refractivity contribution in [3.63, 3.8) is 0 Å². The zero-order valence-electron chi connectivity index (χ0n) is 10.5. The minimum atomic E-state index is -0.384. The van der Waals surface area contributed by atoms with Gasteiger partial charge in [-0.25, -0.2) is 24.1 Å². The van der Waals surface area contributed by atoms with E-state index in [1.165, 1.54) is 6.08 Å². The molecule has 0 saturated heterocycles. The molecule has 3 heteroatoms. The van der Waals surface area contributed by atoms with E-state index in [1.54, 1.807) is 0 Å². The average molecular weight is 278 g/mol. The zero-order chi connectivity index (χ0) is 12.4. The van der Waals surface area contributed by atoms with Crippen LogP contribution in [0.25, 0.3) is 0 Å². The van der Waals surface area contributed by atoms with Crippen LogP contribution in [0.3, 0.4) is 0 Å². The predicted octanol–water partition coefficient (Wildman–Crippen LogP) is 3.35. The van der Waals surface area contributed by atoms with Crippen molar-refractivity contribution in [1.29, 1.82) is 0 Å². The number of hydrogen-bond acceptors (Lipinski definition) is 2. The Hall–Kier alpha value is -0.271. The Bertz CT molecular complexity index is 204. The molecule has 2 atom stereocenters. The Labute approximate surface area is 117 Å². The quantitative estimate of drug-likeness (QED) is 0.212. The fourth-order valence-corrected chi connectivity index (χ4v) is 1.21. The van der Waals surface area contributed by atoms with Gasteiger partial charge in [0.2, 0.25) is 0 Å². The van der Waals surface area contributed by atoms with E-state index in [4.69, 9.17) is 4.74 Å². The third-order valence-electron chi connectivity index (χ3n) is 2.34. The van der Waals surface area contributed by atoms with Crippen molar-refractivity contribution in [2.45, 2.75) is 38.7 Å². The Morgan fingerprint density at radius 2 is 2.18 bits per heavy atom. The van der Waals surface area contributed by atoms with Gasteiger partial charge < -0.3 is 37.8 Å². The monoisotopic (exact) mass is 278 g/mol. The maximum atomic E-state index is 11.0. The normalized spacial score (nSPS) is 13.4. The first kappa shape index (κ1) is 19.1. The summed E-state index contributed by atoms with van der Waals surface area (Å²) in [5.74, 6) is -0.290. The average Bonchev–Trinajstić information content (AvgIpc) is 2.28. The maximum Gasteiger partial charge on any atom is 4.00 e. The fourth-order valence-electron chi connectivity index (χ4n) is 1.21. The maximum absolute atomic E-state index is 11.0. The summed E-state index contributed by atoms with van der Waals surface area (Å²) >= 11 is 0. The molecule has 0 aromatic carbocycles. The molecule has 0 radical (unpaired) electrons. The SMILES string of the molecule is C=CC(=O)OC(C)C([CH2-])C[CH-]C[CH-]CC[CH2-].[Fe+4]. The van der Waals surface area contributed by atoms with Crippen molar-refractivity contribution >= 4 is 5.97 Å². The van der Waals surface area contributed by atoms with Crippen LogP contribution < -0.4 is 0 Å². The first-order valence-corrected chi connectivity index (χ1v) is 5.70. The summed E-state index contributed by atoms with van der Waals surface area (Å²) in [6.07, 6.45) is 9.15. The Morgan fingerprint density at radius 1 is 1.53 bits per heavy atom. The fraction of sp³-hybridized carbons (Fsp3) is 0.500. The smallest absolute Gasteiger partial charge is 0.462 e. The Kier molecular flexibility index (Phi) is 13.7. The molecule has 98 valence electrons. The van der Waals surface area contributed by atoms with Crippen LogP contribution in [0.5, 0.6) is 0 Å². The summed E-state index contributed by atoms with van der Waals surface area (Å²) in [6.45, 7) is 12.9. The zero-order valence-corrected chi connectivity index (χ0v) is 11.6. The second-order valence-electron chi connectivity index (χ2n) is 3.80. The molecule has 2 unspecified atom stereocenters. The molecule has 2 nitrogen and oxygen atoms in total. The van der Waals surface area contributed by atoms with Gasteiger partial charge in [0.25, 0.3) is 0 Å². The topological polar surface area (TPSA) is 26.3 Å². The molecule has 0 aliphatic rings. The Balaban J connectivity index is 0. The molecule has 0 rings (SSSR count). The molecule has 0 aromatic rings. The summed E-state index contributed by atoms with van der Waals surface area (Å²) in [5.41, 5.74) is 0. The van der Waals surface area contributed by atoms with Crippen molar-refractivity contribution in [2.75, 3.05) is 0 Å². The van der Waals surface area contributed by atoms with E-state index < -0.39 is 0 Å². The van der Waals surface area contributed by atoms with Gasteiger partial charge in [-0.15, -0.1) is 0 Å². The third-order valence-corrected chi connectivity index (χ3v) is 2.34. The molecule has 0 saturated carbocycles. The predicted molar refractivity (Wildman–Crippen MR) is 67.0 cm³/mol. The van der Waals surface area contributed by atoms with Crippen LogP contribution >= 0.6 is 0 Å². The molecule has 0 amide bonds. The van der Waals surface area contributed by atoms with Crippen molar-refractivity contribution in [2.24, 2.45) is 5.92 Å². The van der Waals surface area contributed by atoms with Gasteiger partial charge >= 0.3 is 23.0 Å². The number of ether oxygens (including phenoxy) is 1. The van der Waals surface area contributed by atoms with Gasteiger partial charge in [-0.1, -0.05) is 6.58 Å². The molecule has 0 heterocycles. The third kappa shape index (κ3) is 10.6. The van der Waals surface area contributed by atoms with Crippen LogP contribution in [0.2, 0.25) is 0 Å². The van der Waals surface area contributed by atoms with Crippen molar-refractivity contribution in [1.82, 2.24) is 0 Å². The van der Waals surface area contributed by atoms with E-state index in [9.17, 15) is 4.79 Å². The van der Waals surface area contributed by atoms with Gasteiger partial charge in [-0.05, 0) is 6.92 Å². The van der Waals surface area contributed by atoms with E-state index in [1.807, 2.05) is 6.92 Å². The Morgan fingerprint density at radius 3 is 2.71 bits per heavy atom. The molecule has 0 aliphatic heterocycles. The van der Waals surface area contributed by atoms with Crippen LogP contribution in [0.15, 0.2) is 12.7 Å². The second-order valence-corrected chi connectivity index (χ2v) is 3.80. The standard InChI is InChI=1S/C14H22O2.Fe/c1-5-7-8-9-10-11-12(3)13(4)16-14(15)6-2;/h6,8,10,12-13H,1-3,5,7,9,11H2,4H3;/q-4;+4. The molecular formula is C14H22FeO2. The van der Waals surface area contributed by atoms with Crippen molar-refractivity contribution in [3.05, 3.63) is 39.3 Å². The van der Waals surface area contributed by atoms with Gasteiger partial charge in [0.05, 0.1) is 6.10 Å². The first-order valence-electron chi connectivity index (χ1n) is 5.70.